The van der Waals surface area contributed by atoms with Gasteiger partial charge in [-0.05, 0) is 35.4 Å². The zero-order valence-corrected chi connectivity index (χ0v) is 19.3. The fourth-order valence-corrected chi connectivity index (χ4v) is 3.99. The Labute approximate surface area is 200 Å². The summed E-state index contributed by atoms with van der Waals surface area (Å²) in [7, 11) is 4.49. The van der Waals surface area contributed by atoms with E-state index in [1.807, 2.05) is 0 Å². The number of ether oxygens (including phenoxy) is 3. The number of aromatic nitrogens is 2. The Kier molecular flexibility index (Phi) is 6.77. The smallest absolute Gasteiger partial charge is 0.410 e. The molecule has 0 saturated carbocycles. The molecule has 1 aliphatic heterocycles. The molecule has 0 bridgehead atoms. The highest BCUT2D eigenvalue weighted by Crippen LogP contribution is 2.44. The molecule has 0 spiro atoms. The number of amides is 1. The van der Waals surface area contributed by atoms with Crippen molar-refractivity contribution >= 4 is 11.7 Å². The van der Waals surface area contributed by atoms with Gasteiger partial charge in [-0.25, -0.2) is 4.68 Å². The van der Waals surface area contributed by atoms with Gasteiger partial charge in [0, 0.05) is 19.0 Å². The number of halogens is 3. The number of hydrogen-bond acceptors (Lipinski definition) is 6. The van der Waals surface area contributed by atoms with E-state index in [4.69, 9.17) is 14.2 Å². The van der Waals surface area contributed by atoms with Gasteiger partial charge in [0.2, 0.25) is 0 Å². The van der Waals surface area contributed by atoms with Crippen LogP contribution in [0, 0.1) is 0 Å². The minimum absolute atomic E-state index is 0.105. The minimum atomic E-state index is -4.56. The van der Waals surface area contributed by atoms with Gasteiger partial charge in [-0.2, -0.15) is 18.3 Å². The average molecular weight is 490 g/mol. The van der Waals surface area contributed by atoms with Crippen LogP contribution >= 0.6 is 0 Å². The lowest BCUT2D eigenvalue weighted by Crippen LogP contribution is -2.35. The molecule has 4 rings (SSSR count). The van der Waals surface area contributed by atoms with Crippen molar-refractivity contribution in [3.63, 3.8) is 0 Å². The van der Waals surface area contributed by atoms with Crippen LogP contribution in [0.5, 0.6) is 17.2 Å². The number of carbonyl (C=O) groups excluding carboxylic acids is 1. The number of anilines is 1. The quantitative estimate of drug-likeness (QED) is 0.507. The van der Waals surface area contributed by atoms with Crippen molar-refractivity contribution in [2.75, 3.05) is 26.6 Å². The van der Waals surface area contributed by atoms with Gasteiger partial charge in [-0.15, -0.1) is 0 Å². The molecule has 0 fully saturated rings. The first-order chi connectivity index (χ1) is 16.7. The Morgan fingerprint density at radius 2 is 1.77 bits per heavy atom. The molecule has 11 heteroatoms. The average Bonchev–Trinajstić information content (AvgIpc) is 3.30. The van der Waals surface area contributed by atoms with Crippen molar-refractivity contribution in [2.24, 2.45) is 0 Å². The number of nitrogens with one attached hydrogen (secondary N) is 2. The van der Waals surface area contributed by atoms with E-state index in [0.717, 1.165) is 10.2 Å². The minimum Gasteiger partial charge on any atom is -0.497 e. The summed E-state index contributed by atoms with van der Waals surface area (Å²) in [4.78, 5) is 12.7. The molecule has 0 unspecified atom stereocenters. The Bertz CT molecular complexity index is 1190. The molecule has 1 aliphatic rings. The van der Waals surface area contributed by atoms with Gasteiger partial charge in [0.1, 0.15) is 11.6 Å². The number of fused-ring (bicyclic) bond motifs is 1. The number of rotatable bonds is 7. The highest BCUT2D eigenvalue weighted by atomic mass is 19.4. The van der Waals surface area contributed by atoms with Crippen LogP contribution in [0.25, 0.3) is 0 Å². The molecule has 2 heterocycles. The van der Waals surface area contributed by atoms with Crippen LogP contribution in [-0.4, -0.2) is 43.2 Å². The highest BCUT2D eigenvalue weighted by molar-refractivity contribution is 5.93. The number of alkyl halides is 3. The molecule has 2 aromatic carbocycles. The molecule has 0 saturated heterocycles. The summed E-state index contributed by atoms with van der Waals surface area (Å²) in [6.07, 6.45) is -4.87. The monoisotopic (exact) mass is 490 g/mol. The van der Waals surface area contributed by atoms with Gasteiger partial charge in [-0.1, -0.05) is 18.2 Å². The molecule has 3 aromatic rings. The molecule has 0 aliphatic carbocycles. The molecule has 35 heavy (non-hydrogen) atoms. The molecular weight excluding hydrogens is 465 g/mol. The first-order valence-corrected chi connectivity index (χ1v) is 10.8. The second-order valence-electron chi connectivity index (χ2n) is 7.99. The predicted molar refractivity (Wildman–Crippen MR) is 122 cm³/mol. The SMILES string of the molecule is COc1ccc(CNC(=O)c2cc3n(n2)[C@H](C(F)(F)F)C[C@@H](c2ccc(OC)c(OC)c2)N3)cc1. The normalized spacial score (nSPS) is 17.2. The fraction of sp³-hybridized carbons (Fsp3) is 0.333. The third kappa shape index (κ3) is 5.13. The topological polar surface area (TPSA) is 86.6 Å². The zero-order valence-electron chi connectivity index (χ0n) is 19.3. The number of nitrogens with zero attached hydrogens (tertiary/aromatic N) is 2. The zero-order chi connectivity index (χ0) is 25.2. The van der Waals surface area contributed by atoms with Crippen LogP contribution in [0.4, 0.5) is 19.0 Å². The van der Waals surface area contributed by atoms with Crippen LogP contribution < -0.4 is 24.8 Å². The molecule has 186 valence electrons. The molecule has 0 radical (unpaired) electrons. The lowest BCUT2D eigenvalue weighted by Gasteiger charge is -2.33. The van der Waals surface area contributed by atoms with E-state index >= 15 is 0 Å². The van der Waals surface area contributed by atoms with Crippen molar-refractivity contribution in [2.45, 2.75) is 31.2 Å². The van der Waals surface area contributed by atoms with Crippen LogP contribution in [0.3, 0.4) is 0 Å². The van der Waals surface area contributed by atoms with Gasteiger partial charge in [-0.3, -0.25) is 4.79 Å². The van der Waals surface area contributed by atoms with Crippen molar-refractivity contribution in [1.82, 2.24) is 15.1 Å². The third-order valence-corrected chi connectivity index (χ3v) is 5.84. The summed E-state index contributed by atoms with van der Waals surface area (Å²) in [5, 5.41) is 9.75. The van der Waals surface area contributed by atoms with E-state index in [9.17, 15) is 18.0 Å². The van der Waals surface area contributed by atoms with Gasteiger partial charge in [0.15, 0.2) is 23.2 Å². The van der Waals surface area contributed by atoms with Gasteiger partial charge in [0.05, 0.1) is 27.4 Å². The van der Waals surface area contributed by atoms with E-state index in [0.29, 0.717) is 22.8 Å². The maximum atomic E-state index is 14.0. The Hall–Kier alpha value is -3.89. The van der Waals surface area contributed by atoms with Crippen molar-refractivity contribution in [3.05, 3.63) is 65.4 Å². The van der Waals surface area contributed by atoms with Crippen LogP contribution in [0.1, 0.15) is 40.1 Å². The molecule has 1 aromatic heterocycles. The predicted octanol–water partition coefficient (Wildman–Crippen LogP) is 4.50. The van der Waals surface area contributed by atoms with E-state index in [-0.39, 0.29) is 24.5 Å². The first-order valence-electron chi connectivity index (χ1n) is 10.8. The third-order valence-electron chi connectivity index (χ3n) is 5.84. The number of carbonyl (C=O) groups is 1. The molecule has 2 atom stereocenters. The highest BCUT2D eigenvalue weighted by Gasteiger charge is 2.47. The van der Waals surface area contributed by atoms with Crippen LogP contribution in [0.15, 0.2) is 48.5 Å². The molecule has 2 N–H and O–H groups in total. The maximum absolute atomic E-state index is 14.0. The second kappa shape index (κ2) is 9.77. The Morgan fingerprint density at radius 1 is 1.06 bits per heavy atom. The lowest BCUT2D eigenvalue weighted by molar-refractivity contribution is -0.173. The number of benzene rings is 2. The van der Waals surface area contributed by atoms with E-state index in [1.165, 1.54) is 20.3 Å². The Morgan fingerprint density at radius 3 is 2.40 bits per heavy atom. The maximum Gasteiger partial charge on any atom is 0.410 e. The number of methoxy groups -OCH3 is 3. The van der Waals surface area contributed by atoms with Crippen LogP contribution in [-0.2, 0) is 6.54 Å². The van der Waals surface area contributed by atoms with Gasteiger partial charge >= 0.3 is 6.18 Å². The summed E-state index contributed by atoms with van der Waals surface area (Å²) >= 11 is 0. The van der Waals surface area contributed by atoms with Gasteiger partial charge < -0.3 is 24.8 Å². The summed E-state index contributed by atoms with van der Waals surface area (Å²) in [6, 6.07) is 10.8. The summed E-state index contributed by atoms with van der Waals surface area (Å²) < 4.78 is 58.4. The largest absolute Gasteiger partial charge is 0.497 e. The van der Waals surface area contributed by atoms with E-state index < -0.39 is 24.2 Å². The second-order valence-corrected chi connectivity index (χ2v) is 7.99. The summed E-state index contributed by atoms with van der Waals surface area (Å²) in [6.45, 7) is 0.190. The van der Waals surface area contributed by atoms with Gasteiger partial charge in [0.25, 0.3) is 5.91 Å². The summed E-state index contributed by atoms with van der Waals surface area (Å²) in [5.74, 6) is 1.09. The van der Waals surface area contributed by atoms with Crippen molar-refractivity contribution < 1.29 is 32.2 Å². The lowest BCUT2D eigenvalue weighted by atomic mass is 9.96. The standard InChI is InChI=1S/C24H25F3N4O4/c1-33-16-7-4-14(5-8-16)13-28-23(32)18-12-22-29-17(11-21(24(25,26)27)31(22)30-18)15-6-9-19(34-2)20(10-15)35-3/h4-10,12,17,21,29H,11,13H2,1-3H3,(H,28,32)/t17-,21-/m0/s1. The summed E-state index contributed by atoms with van der Waals surface area (Å²) in [5.41, 5.74) is 1.29. The Balaban J connectivity index is 1.56. The first kappa shape index (κ1) is 24.2. The van der Waals surface area contributed by atoms with E-state index in [1.54, 1.807) is 49.6 Å². The molecular formula is C24H25F3N4O4. The number of hydrogen-bond donors (Lipinski definition) is 2. The van der Waals surface area contributed by atoms with Crippen molar-refractivity contribution in [1.29, 1.82) is 0 Å². The van der Waals surface area contributed by atoms with Crippen LogP contribution in [0.2, 0.25) is 0 Å². The van der Waals surface area contributed by atoms with E-state index in [2.05, 4.69) is 15.7 Å². The fourth-order valence-electron chi connectivity index (χ4n) is 3.99. The van der Waals surface area contributed by atoms with Crippen molar-refractivity contribution in [3.8, 4) is 17.2 Å². The molecule has 8 nitrogen and oxygen atoms in total. The molecule has 1 amide bonds.